The Morgan fingerprint density at radius 1 is 1.45 bits per heavy atom. The Morgan fingerprint density at radius 2 is 2.20 bits per heavy atom. The third-order valence-electron chi connectivity index (χ3n) is 2.53. The van der Waals surface area contributed by atoms with Crippen LogP contribution in [0.3, 0.4) is 0 Å². The molecule has 0 aromatic heterocycles. The van der Waals surface area contributed by atoms with Gasteiger partial charge in [0, 0.05) is 17.7 Å². The summed E-state index contributed by atoms with van der Waals surface area (Å²) in [5.74, 6) is 5.62. The van der Waals surface area contributed by atoms with E-state index in [1.165, 1.54) is 0 Å². The Kier molecular flexibility index (Phi) is 6.78. The van der Waals surface area contributed by atoms with Gasteiger partial charge in [-0.1, -0.05) is 17.9 Å². The number of carbonyl (C=O) groups is 1. The number of aryl methyl sites for hydroxylation is 1. The van der Waals surface area contributed by atoms with E-state index >= 15 is 0 Å². The highest BCUT2D eigenvalue weighted by molar-refractivity contribution is 5.92. The highest BCUT2D eigenvalue weighted by atomic mass is 16.5. The molecule has 0 saturated heterocycles. The third-order valence-corrected chi connectivity index (χ3v) is 2.53. The lowest BCUT2D eigenvalue weighted by atomic mass is 10.1. The van der Waals surface area contributed by atoms with Crippen molar-refractivity contribution in [2.24, 2.45) is 0 Å². The van der Waals surface area contributed by atoms with Crippen LogP contribution in [0, 0.1) is 18.8 Å². The zero-order valence-electron chi connectivity index (χ0n) is 12.2. The van der Waals surface area contributed by atoms with Crippen molar-refractivity contribution in [1.29, 1.82) is 0 Å². The molecule has 0 atom stereocenters. The van der Waals surface area contributed by atoms with E-state index in [9.17, 15) is 4.79 Å². The van der Waals surface area contributed by atoms with Gasteiger partial charge in [0.2, 0.25) is 5.91 Å². The van der Waals surface area contributed by atoms with E-state index in [1.807, 2.05) is 39.0 Å². The first-order valence-electron chi connectivity index (χ1n) is 6.64. The van der Waals surface area contributed by atoms with E-state index in [4.69, 9.17) is 9.84 Å². The number of carbonyl (C=O) groups excluding carboxylic acids is 1. The number of ether oxygens (including phenoxy) is 1. The molecule has 0 aliphatic heterocycles. The molecule has 1 aromatic rings. The van der Waals surface area contributed by atoms with Gasteiger partial charge in [-0.2, -0.15) is 0 Å². The summed E-state index contributed by atoms with van der Waals surface area (Å²) in [6.45, 7) is 5.78. The summed E-state index contributed by atoms with van der Waals surface area (Å²) in [7, 11) is 0. The normalized spacial score (nSPS) is 10.1. The van der Waals surface area contributed by atoms with E-state index < -0.39 is 0 Å². The Hall–Kier alpha value is -1.83. The maximum Gasteiger partial charge on any atom is 0.250 e. The second-order valence-corrected chi connectivity index (χ2v) is 4.71. The molecule has 4 heteroatoms. The maximum atomic E-state index is 11.7. The largest absolute Gasteiger partial charge is 0.395 e. The second kappa shape index (κ2) is 8.36. The van der Waals surface area contributed by atoms with Crippen LogP contribution in [0.25, 0.3) is 0 Å². The van der Waals surface area contributed by atoms with Crippen molar-refractivity contribution < 1.29 is 14.6 Å². The van der Waals surface area contributed by atoms with Crippen LogP contribution in [0.5, 0.6) is 0 Å². The number of benzene rings is 1. The topological polar surface area (TPSA) is 58.6 Å². The molecule has 108 valence electrons. The van der Waals surface area contributed by atoms with Crippen LogP contribution in [0.4, 0.5) is 5.69 Å². The lowest BCUT2D eigenvalue weighted by Gasteiger charge is -2.10. The Labute approximate surface area is 120 Å². The van der Waals surface area contributed by atoms with Crippen molar-refractivity contribution >= 4 is 11.6 Å². The number of anilines is 1. The summed E-state index contributed by atoms with van der Waals surface area (Å²) in [5, 5.41) is 11.5. The summed E-state index contributed by atoms with van der Waals surface area (Å²) in [6.07, 6.45) is 0.468. The van der Waals surface area contributed by atoms with Gasteiger partial charge in [-0.05, 0) is 38.5 Å². The van der Waals surface area contributed by atoms with Crippen molar-refractivity contribution in [3.8, 4) is 11.8 Å². The summed E-state index contributed by atoms with van der Waals surface area (Å²) in [4.78, 5) is 11.7. The van der Waals surface area contributed by atoms with E-state index in [2.05, 4.69) is 17.2 Å². The molecule has 1 rings (SSSR count). The van der Waals surface area contributed by atoms with Gasteiger partial charge in [0.05, 0.1) is 12.7 Å². The molecule has 0 radical (unpaired) electrons. The van der Waals surface area contributed by atoms with Crippen LogP contribution in [0.1, 0.15) is 31.4 Å². The molecule has 0 saturated carbocycles. The second-order valence-electron chi connectivity index (χ2n) is 4.71. The molecule has 0 unspecified atom stereocenters. The first-order valence-corrected chi connectivity index (χ1v) is 6.64. The minimum absolute atomic E-state index is 0.0255. The number of nitrogens with one attached hydrogen (secondary N) is 1. The number of aliphatic hydroxyl groups excluding tert-OH is 1. The number of rotatable bonds is 5. The first-order chi connectivity index (χ1) is 9.52. The smallest absolute Gasteiger partial charge is 0.250 e. The fourth-order valence-electron chi connectivity index (χ4n) is 1.48. The average molecular weight is 275 g/mol. The third kappa shape index (κ3) is 5.87. The predicted octanol–water partition coefficient (Wildman–Crippen LogP) is 2.09. The highest BCUT2D eigenvalue weighted by Gasteiger charge is 2.06. The molecule has 0 bridgehead atoms. The van der Waals surface area contributed by atoms with Crippen molar-refractivity contribution in [3.63, 3.8) is 0 Å². The summed E-state index contributed by atoms with van der Waals surface area (Å²) in [5.41, 5.74) is 2.51. The zero-order valence-corrected chi connectivity index (χ0v) is 12.2. The van der Waals surface area contributed by atoms with Crippen molar-refractivity contribution in [2.45, 2.75) is 33.3 Å². The van der Waals surface area contributed by atoms with Gasteiger partial charge in [0.15, 0.2) is 0 Å². The van der Waals surface area contributed by atoms with Crippen molar-refractivity contribution in [1.82, 2.24) is 0 Å². The number of aliphatic hydroxyl groups is 1. The first kappa shape index (κ1) is 16.2. The van der Waals surface area contributed by atoms with Crippen LogP contribution in [0.15, 0.2) is 18.2 Å². The van der Waals surface area contributed by atoms with Gasteiger partial charge in [0.1, 0.15) is 6.61 Å². The van der Waals surface area contributed by atoms with E-state index in [-0.39, 0.29) is 25.2 Å². The minimum atomic E-state index is -0.178. The molecule has 0 fully saturated rings. The Morgan fingerprint density at radius 3 is 2.85 bits per heavy atom. The molecule has 20 heavy (non-hydrogen) atoms. The molecule has 0 aliphatic rings. The lowest BCUT2D eigenvalue weighted by molar-refractivity contribution is -0.121. The SMILES string of the molecule is Cc1ccc(C#CCCO)cc1NC(=O)COC(C)C. The molecular weight excluding hydrogens is 254 g/mol. The Bertz CT molecular complexity index is 512. The molecular formula is C16H21NO3. The van der Waals surface area contributed by atoms with Gasteiger partial charge < -0.3 is 15.2 Å². The quantitative estimate of drug-likeness (QED) is 0.809. The standard InChI is InChI=1S/C16H21NO3/c1-12(2)20-11-16(19)17-15-10-14(6-4-5-9-18)8-7-13(15)3/h7-8,10,12,18H,5,9,11H2,1-3H3,(H,17,19). The minimum Gasteiger partial charge on any atom is -0.395 e. The zero-order chi connectivity index (χ0) is 15.0. The van der Waals surface area contributed by atoms with Crippen molar-refractivity contribution in [3.05, 3.63) is 29.3 Å². The Balaban J connectivity index is 2.72. The van der Waals surface area contributed by atoms with Gasteiger partial charge in [-0.15, -0.1) is 0 Å². The molecule has 2 N–H and O–H groups in total. The van der Waals surface area contributed by atoms with E-state index in [0.717, 1.165) is 16.8 Å². The number of hydrogen-bond donors (Lipinski definition) is 2. The summed E-state index contributed by atoms with van der Waals surface area (Å²) in [6, 6.07) is 5.62. The number of hydrogen-bond acceptors (Lipinski definition) is 3. The van der Waals surface area contributed by atoms with Crippen LogP contribution in [-0.4, -0.2) is 30.3 Å². The van der Waals surface area contributed by atoms with Gasteiger partial charge in [0.25, 0.3) is 0 Å². The molecule has 0 heterocycles. The fourth-order valence-corrected chi connectivity index (χ4v) is 1.48. The summed E-state index contributed by atoms with van der Waals surface area (Å²) < 4.78 is 5.26. The van der Waals surface area contributed by atoms with Gasteiger partial charge in [-0.3, -0.25) is 4.79 Å². The van der Waals surface area contributed by atoms with Crippen LogP contribution in [-0.2, 0) is 9.53 Å². The molecule has 0 aliphatic carbocycles. The maximum absolute atomic E-state index is 11.7. The van der Waals surface area contributed by atoms with E-state index in [0.29, 0.717) is 6.42 Å². The average Bonchev–Trinajstić information content (AvgIpc) is 2.40. The predicted molar refractivity (Wildman–Crippen MR) is 79.5 cm³/mol. The molecule has 0 spiro atoms. The monoisotopic (exact) mass is 275 g/mol. The number of amides is 1. The van der Waals surface area contributed by atoms with Crippen molar-refractivity contribution in [2.75, 3.05) is 18.5 Å². The molecule has 1 amide bonds. The highest BCUT2D eigenvalue weighted by Crippen LogP contribution is 2.16. The van der Waals surface area contributed by atoms with Crippen LogP contribution in [0.2, 0.25) is 0 Å². The van der Waals surface area contributed by atoms with Gasteiger partial charge >= 0.3 is 0 Å². The van der Waals surface area contributed by atoms with Crippen LogP contribution >= 0.6 is 0 Å². The fraction of sp³-hybridized carbons (Fsp3) is 0.438. The van der Waals surface area contributed by atoms with Crippen LogP contribution < -0.4 is 5.32 Å². The summed E-state index contributed by atoms with van der Waals surface area (Å²) >= 11 is 0. The lowest BCUT2D eigenvalue weighted by Crippen LogP contribution is -2.21. The van der Waals surface area contributed by atoms with E-state index in [1.54, 1.807) is 0 Å². The van der Waals surface area contributed by atoms with Gasteiger partial charge in [-0.25, -0.2) is 0 Å². The molecule has 4 nitrogen and oxygen atoms in total. The molecule has 1 aromatic carbocycles.